The lowest BCUT2D eigenvalue weighted by Crippen LogP contribution is -2.06. The Balaban J connectivity index is 1.65. The first-order chi connectivity index (χ1) is 14.7. The number of hydrogen-bond acceptors (Lipinski definition) is 6. The van der Waals surface area contributed by atoms with Crippen molar-refractivity contribution in [3.8, 4) is 28.4 Å². The summed E-state index contributed by atoms with van der Waals surface area (Å²) in [6.45, 7) is 0.477. The summed E-state index contributed by atoms with van der Waals surface area (Å²) in [4.78, 5) is 4.39. The molecule has 2 aromatic carbocycles. The van der Waals surface area contributed by atoms with Gasteiger partial charge in [-0.3, -0.25) is 0 Å². The van der Waals surface area contributed by atoms with E-state index < -0.39 is 0 Å². The van der Waals surface area contributed by atoms with Crippen LogP contribution in [0.2, 0.25) is 0 Å². The van der Waals surface area contributed by atoms with Crippen molar-refractivity contribution in [1.29, 1.82) is 0 Å². The molecule has 0 aliphatic carbocycles. The Bertz CT molecular complexity index is 1170. The van der Waals surface area contributed by atoms with Crippen LogP contribution in [0.25, 0.3) is 16.8 Å². The quantitative estimate of drug-likeness (QED) is 0.495. The van der Waals surface area contributed by atoms with Crippen LogP contribution in [0.5, 0.6) is 17.2 Å². The minimum absolute atomic E-state index is 0.315. The number of anilines is 1. The van der Waals surface area contributed by atoms with Gasteiger partial charge in [-0.05, 0) is 29.8 Å². The summed E-state index contributed by atoms with van der Waals surface area (Å²) in [6.07, 6.45) is 3.28. The number of hydrogen-bond donors (Lipinski definition) is 1. The molecule has 4 aromatic rings. The van der Waals surface area contributed by atoms with Gasteiger partial charge in [-0.15, -0.1) is 0 Å². The Kier molecular flexibility index (Phi) is 5.38. The van der Waals surface area contributed by atoms with Crippen molar-refractivity contribution in [3.05, 3.63) is 66.2 Å². The molecular weight excluding hydrogens is 387 g/mol. The second-order valence-corrected chi connectivity index (χ2v) is 6.49. The molecule has 0 unspecified atom stereocenters. The summed E-state index contributed by atoms with van der Waals surface area (Å²) in [5.41, 5.74) is 2.58. The Labute approximate surface area is 173 Å². The molecule has 1 N–H and O–H groups in total. The third kappa shape index (κ3) is 3.47. The molecule has 2 aromatic heterocycles. The summed E-state index contributed by atoms with van der Waals surface area (Å²) in [6, 6.07) is 12.1. The zero-order valence-corrected chi connectivity index (χ0v) is 16.8. The maximum absolute atomic E-state index is 14.2. The lowest BCUT2D eigenvalue weighted by Gasteiger charge is -2.15. The van der Waals surface area contributed by atoms with Crippen molar-refractivity contribution in [2.75, 3.05) is 26.6 Å². The van der Waals surface area contributed by atoms with Gasteiger partial charge < -0.3 is 19.5 Å². The van der Waals surface area contributed by atoms with Crippen molar-refractivity contribution in [1.82, 2.24) is 14.6 Å². The molecule has 30 heavy (non-hydrogen) atoms. The molecular formula is C22H21FN4O3. The molecule has 0 spiro atoms. The molecule has 154 valence electrons. The average molecular weight is 408 g/mol. The number of methoxy groups -OCH3 is 3. The molecule has 0 aliphatic rings. The maximum atomic E-state index is 14.2. The van der Waals surface area contributed by atoms with Gasteiger partial charge in [0.05, 0.1) is 27.5 Å². The van der Waals surface area contributed by atoms with Crippen LogP contribution in [0.3, 0.4) is 0 Å². The van der Waals surface area contributed by atoms with Gasteiger partial charge in [0.2, 0.25) is 5.75 Å². The normalized spacial score (nSPS) is 10.8. The third-order valence-corrected chi connectivity index (χ3v) is 4.76. The molecule has 0 fully saturated rings. The smallest absolute Gasteiger partial charge is 0.203 e. The van der Waals surface area contributed by atoms with E-state index in [0.717, 1.165) is 11.4 Å². The number of benzene rings is 2. The topological polar surface area (TPSA) is 69.9 Å². The number of nitrogens with zero attached hydrogens (tertiary/aromatic N) is 3. The van der Waals surface area contributed by atoms with Crippen LogP contribution in [0, 0.1) is 5.82 Å². The lowest BCUT2D eigenvalue weighted by molar-refractivity contribution is 0.324. The molecule has 7 nitrogen and oxygen atoms in total. The van der Waals surface area contributed by atoms with Gasteiger partial charge in [-0.25, -0.2) is 9.37 Å². The Morgan fingerprint density at radius 2 is 1.70 bits per heavy atom. The molecule has 4 rings (SSSR count). The van der Waals surface area contributed by atoms with Crippen LogP contribution in [0.1, 0.15) is 5.56 Å². The first-order valence-electron chi connectivity index (χ1n) is 9.26. The van der Waals surface area contributed by atoms with E-state index in [1.807, 2.05) is 18.2 Å². The van der Waals surface area contributed by atoms with E-state index in [0.29, 0.717) is 40.6 Å². The van der Waals surface area contributed by atoms with E-state index in [4.69, 9.17) is 14.2 Å². The van der Waals surface area contributed by atoms with Gasteiger partial charge in [0.1, 0.15) is 11.6 Å². The number of halogens is 1. The zero-order chi connectivity index (χ0) is 21.1. The van der Waals surface area contributed by atoms with Crippen LogP contribution in [0.4, 0.5) is 10.2 Å². The fourth-order valence-electron chi connectivity index (χ4n) is 3.33. The number of rotatable bonds is 7. The highest BCUT2D eigenvalue weighted by Gasteiger charge is 2.15. The number of nitrogens with one attached hydrogen (secondary N) is 1. The number of ether oxygens (including phenoxy) is 3. The molecule has 2 heterocycles. The Morgan fingerprint density at radius 1 is 0.967 bits per heavy atom. The molecule has 0 amide bonds. The Hall–Kier alpha value is -3.81. The van der Waals surface area contributed by atoms with Crippen LogP contribution in [0.15, 0.2) is 54.9 Å². The molecule has 0 saturated carbocycles. The highest BCUT2D eigenvalue weighted by molar-refractivity contribution is 5.78. The predicted octanol–water partition coefficient (Wildman–Crippen LogP) is 4.17. The molecule has 0 radical (unpaired) electrons. The molecule has 0 aliphatic heterocycles. The van der Waals surface area contributed by atoms with E-state index in [2.05, 4.69) is 15.4 Å². The fraction of sp³-hybridized carbons (Fsp3) is 0.182. The summed E-state index contributed by atoms with van der Waals surface area (Å²) < 4.78 is 32.1. The van der Waals surface area contributed by atoms with Crippen molar-refractivity contribution < 1.29 is 18.6 Å². The highest BCUT2D eigenvalue weighted by atomic mass is 19.1. The van der Waals surface area contributed by atoms with Crippen LogP contribution in [-0.4, -0.2) is 35.9 Å². The van der Waals surface area contributed by atoms with E-state index in [1.54, 1.807) is 56.4 Å². The van der Waals surface area contributed by atoms with Crippen molar-refractivity contribution in [2.45, 2.75) is 6.54 Å². The average Bonchev–Trinajstić information content (AvgIpc) is 3.21. The van der Waals surface area contributed by atoms with E-state index >= 15 is 0 Å². The van der Waals surface area contributed by atoms with Gasteiger partial charge in [0.15, 0.2) is 17.1 Å². The molecule has 8 heteroatoms. The van der Waals surface area contributed by atoms with Crippen LogP contribution >= 0.6 is 0 Å². The number of fused-ring (bicyclic) bond motifs is 1. The minimum Gasteiger partial charge on any atom is -0.493 e. The van der Waals surface area contributed by atoms with Crippen molar-refractivity contribution >= 4 is 11.5 Å². The summed E-state index contributed by atoms with van der Waals surface area (Å²) >= 11 is 0. The van der Waals surface area contributed by atoms with Gasteiger partial charge >= 0.3 is 0 Å². The molecule has 0 bridgehead atoms. The molecule has 0 saturated heterocycles. The second kappa shape index (κ2) is 8.28. The van der Waals surface area contributed by atoms with Gasteiger partial charge in [-0.2, -0.15) is 9.61 Å². The zero-order valence-electron chi connectivity index (χ0n) is 16.8. The van der Waals surface area contributed by atoms with E-state index in [-0.39, 0.29) is 5.82 Å². The second-order valence-electron chi connectivity index (χ2n) is 6.49. The predicted molar refractivity (Wildman–Crippen MR) is 112 cm³/mol. The van der Waals surface area contributed by atoms with Gasteiger partial charge in [0, 0.05) is 23.9 Å². The van der Waals surface area contributed by atoms with Crippen molar-refractivity contribution in [3.63, 3.8) is 0 Å². The minimum atomic E-state index is -0.315. The van der Waals surface area contributed by atoms with E-state index in [1.165, 1.54) is 6.07 Å². The van der Waals surface area contributed by atoms with Gasteiger partial charge in [0.25, 0.3) is 0 Å². The first kappa shape index (κ1) is 19.5. The lowest BCUT2D eigenvalue weighted by atomic mass is 10.1. The van der Waals surface area contributed by atoms with E-state index in [9.17, 15) is 4.39 Å². The van der Waals surface area contributed by atoms with Crippen LogP contribution < -0.4 is 19.5 Å². The fourth-order valence-corrected chi connectivity index (χ4v) is 3.33. The molecule has 0 atom stereocenters. The number of aromatic nitrogens is 3. The van der Waals surface area contributed by atoms with Crippen LogP contribution in [-0.2, 0) is 6.54 Å². The highest BCUT2D eigenvalue weighted by Crippen LogP contribution is 2.38. The summed E-state index contributed by atoms with van der Waals surface area (Å²) in [7, 11) is 4.72. The van der Waals surface area contributed by atoms with Crippen molar-refractivity contribution in [2.24, 2.45) is 0 Å². The standard InChI is InChI=1S/C22H21FN4O3/c1-28-18-10-14(11-19(29-2)21(18)30-3)12-25-20-8-9-24-22-16(13-26-27(20)22)15-6-4-5-7-17(15)23/h4-11,13,25H,12H2,1-3H3. The SMILES string of the molecule is COc1cc(CNc2ccnc3c(-c4ccccc4F)cnn23)cc(OC)c1OC. The first-order valence-corrected chi connectivity index (χ1v) is 9.26. The maximum Gasteiger partial charge on any atom is 0.203 e. The summed E-state index contributed by atoms with van der Waals surface area (Å²) in [5.74, 6) is 2.10. The third-order valence-electron chi connectivity index (χ3n) is 4.76. The van der Waals surface area contributed by atoms with Gasteiger partial charge in [-0.1, -0.05) is 18.2 Å². The largest absolute Gasteiger partial charge is 0.493 e. The monoisotopic (exact) mass is 408 g/mol. The summed E-state index contributed by atoms with van der Waals surface area (Å²) in [5, 5.41) is 7.74. The Morgan fingerprint density at radius 3 is 2.37 bits per heavy atom.